The zero-order valence-electron chi connectivity index (χ0n) is 12.2. The molecule has 1 aromatic heterocycles. The van der Waals surface area contributed by atoms with E-state index < -0.39 is 0 Å². The predicted molar refractivity (Wildman–Crippen MR) is 82.0 cm³/mol. The van der Waals surface area contributed by atoms with E-state index in [-0.39, 0.29) is 12.6 Å². The van der Waals surface area contributed by atoms with Crippen LogP contribution < -0.4 is 5.32 Å². The highest BCUT2D eigenvalue weighted by Crippen LogP contribution is 2.26. The van der Waals surface area contributed by atoms with Crippen LogP contribution in [0, 0.1) is 0 Å². The first-order valence-electron chi connectivity index (χ1n) is 7.28. The van der Waals surface area contributed by atoms with E-state index in [0.29, 0.717) is 0 Å². The Morgan fingerprint density at radius 1 is 1.30 bits per heavy atom. The number of fused-ring (bicyclic) bond motifs is 2. The van der Waals surface area contributed by atoms with Crippen LogP contribution in [0.1, 0.15) is 16.7 Å². The average molecular weight is 273 g/mol. The molecule has 4 nitrogen and oxygen atoms in total. The lowest BCUT2D eigenvalue weighted by Crippen LogP contribution is -2.38. The highest BCUT2D eigenvalue weighted by atomic mass is 16.3. The fraction of sp³-hybridized carbons (Fsp3) is 0.500. The second kappa shape index (κ2) is 5.56. The molecule has 0 aliphatic carbocycles. The summed E-state index contributed by atoms with van der Waals surface area (Å²) in [4.78, 5) is 5.60. The van der Waals surface area contributed by atoms with Gasteiger partial charge in [-0.2, -0.15) is 0 Å². The Morgan fingerprint density at radius 3 is 2.90 bits per heavy atom. The smallest absolute Gasteiger partial charge is 0.0587 e. The van der Waals surface area contributed by atoms with Crippen LogP contribution in [0.5, 0.6) is 0 Å². The van der Waals surface area contributed by atoms with Crippen molar-refractivity contribution in [3.8, 4) is 0 Å². The molecule has 0 fully saturated rings. The van der Waals surface area contributed by atoms with Gasteiger partial charge in [0.05, 0.1) is 6.61 Å². The van der Waals surface area contributed by atoms with Crippen LogP contribution in [-0.2, 0) is 19.4 Å². The Hall–Kier alpha value is -1.36. The molecule has 2 heterocycles. The van der Waals surface area contributed by atoms with Gasteiger partial charge in [0, 0.05) is 36.2 Å². The van der Waals surface area contributed by atoms with Crippen molar-refractivity contribution in [3.05, 3.63) is 35.0 Å². The molecule has 1 aliphatic heterocycles. The lowest BCUT2D eigenvalue weighted by molar-refractivity contribution is 0.236. The summed E-state index contributed by atoms with van der Waals surface area (Å²) in [5, 5.41) is 14.0. The molecule has 0 saturated heterocycles. The average Bonchev–Trinajstić information content (AvgIpc) is 2.84. The summed E-state index contributed by atoms with van der Waals surface area (Å²) >= 11 is 0. The molecule has 1 atom stereocenters. The van der Waals surface area contributed by atoms with E-state index in [2.05, 4.69) is 47.6 Å². The van der Waals surface area contributed by atoms with Gasteiger partial charge in [-0.05, 0) is 55.8 Å². The molecular formula is C16H23N3O. The van der Waals surface area contributed by atoms with Gasteiger partial charge in [0.15, 0.2) is 0 Å². The number of benzene rings is 1. The van der Waals surface area contributed by atoms with Crippen LogP contribution >= 0.6 is 0 Å². The van der Waals surface area contributed by atoms with Crippen molar-refractivity contribution >= 4 is 10.9 Å². The first kappa shape index (κ1) is 13.6. The molecule has 0 radical (unpaired) electrons. The Balaban J connectivity index is 1.93. The first-order valence-corrected chi connectivity index (χ1v) is 7.28. The third-order valence-electron chi connectivity index (χ3n) is 4.18. The van der Waals surface area contributed by atoms with Crippen LogP contribution in [0.2, 0.25) is 0 Å². The molecule has 2 aromatic rings. The number of rotatable bonds is 4. The number of hydrogen-bond acceptors (Lipinski definition) is 3. The molecule has 3 rings (SSSR count). The number of H-pyrrole nitrogens is 1. The highest BCUT2D eigenvalue weighted by Gasteiger charge is 2.18. The van der Waals surface area contributed by atoms with Gasteiger partial charge < -0.3 is 20.3 Å². The topological polar surface area (TPSA) is 51.3 Å². The number of likely N-dealkylation sites (N-methyl/N-ethyl adjacent to an activating group) is 1. The summed E-state index contributed by atoms with van der Waals surface area (Å²) in [6.45, 7) is 2.12. The number of aromatic nitrogens is 1. The van der Waals surface area contributed by atoms with Gasteiger partial charge in [-0.15, -0.1) is 0 Å². The molecular weight excluding hydrogens is 250 g/mol. The van der Waals surface area contributed by atoms with Gasteiger partial charge in [-0.3, -0.25) is 0 Å². The number of aliphatic hydroxyl groups is 1. The van der Waals surface area contributed by atoms with Crippen LogP contribution in [0.3, 0.4) is 0 Å². The van der Waals surface area contributed by atoms with Crippen molar-refractivity contribution in [2.75, 3.05) is 27.2 Å². The number of hydrogen-bond donors (Lipinski definition) is 3. The standard InChI is InChI=1S/C16H23N3O/c1-19(2)4-3-11-8-18-16-7-13-9-17-14(10-20)5-12(13)6-15(11)16/h6-8,14,17-18,20H,3-5,9-10H2,1-2H3/t14-/m0/s1. The van der Waals surface area contributed by atoms with Gasteiger partial charge >= 0.3 is 0 Å². The molecule has 0 bridgehead atoms. The molecule has 0 saturated carbocycles. The van der Waals surface area contributed by atoms with Gasteiger partial charge in [0.2, 0.25) is 0 Å². The molecule has 3 N–H and O–H groups in total. The molecule has 0 amide bonds. The lowest BCUT2D eigenvalue weighted by atomic mass is 9.93. The van der Waals surface area contributed by atoms with Crippen LogP contribution in [0.15, 0.2) is 18.3 Å². The van der Waals surface area contributed by atoms with Crippen molar-refractivity contribution in [2.24, 2.45) is 0 Å². The second-order valence-corrected chi connectivity index (χ2v) is 6.00. The summed E-state index contributed by atoms with van der Waals surface area (Å²) in [6.07, 6.45) is 4.12. The molecule has 4 heteroatoms. The monoisotopic (exact) mass is 273 g/mol. The number of nitrogens with one attached hydrogen (secondary N) is 2. The molecule has 20 heavy (non-hydrogen) atoms. The maximum absolute atomic E-state index is 9.32. The quantitative estimate of drug-likeness (QED) is 0.786. The fourth-order valence-corrected chi connectivity index (χ4v) is 2.94. The van der Waals surface area contributed by atoms with Crippen molar-refractivity contribution in [3.63, 3.8) is 0 Å². The van der Waals surface area contributed by atoms with Crippen LogP contribution in [0.25, 0.3) is 10.9 Å². The fourth-order valence-electron chi connectivity index (χ4n) is 2.94. The minimum atomic E-state index is 0.198. The zero-order valence-corrected chi connectivity index (χ0v) is 12.2. The normalized spacial score (nSPS) is 18.7. The summed E-state index contributed by atoms with van der Waals surface area (Å²) in [7, 11) is 4.21. The lowest BCUT2D eigenvalue weighted by Gasteiger charge is -2.24. The number of aliphatic hydroxyl groups excluding tert-OH is 1. The van der Waals surface area contributed by atoms with E-state index >= 15 is 0 Å². The highest BCUT2D eigenvalue weighted by molar-refractivity contribution is 5.85. The SMILES string of the molecule is CN(C)CCc1c[nH]c2cc3c(cc12)C[C@@H](CO)NC3. The summed E-state index contributed by atoms with van der Waals surface area (Å²) in [5.41, 5.74) is 5.33. The Labute approximate surface area is 119 Å². The van der Waals surface area contributed by atoms with E-state index in [4.69, 9.17) is 0 Å². The zero-order chi connectivity index (χ0) is 14.1. The molecule has 0 unspecified atom stereocenters. The second-order valence-electron chi connectivity index (χ2n) is 6.00. The Morgan fingerprint density at radius 2 is 2.15 bits per heavy atom. The Bertz CT molecular complexity index is 603. The van der Waals surface area contributed by atoms with Gasteiger partial charge in [0.25, 0.3) is 0 Å². The minimum absolute atomic E-state index is 0.198. The maximum Gasteiger partial charge on any atom is 0.0587 e. The number of aromatic amines is 1. The van der Waals surface area contributed by atoms with E-state index in [1.54, 1.807) is 0 Å². The van der Waals surface area contributed by atoms with Crippen LogP contribution in [0.4, 0.5) is 0 Å². The van der Waals surface area contributed by atoms with Gasteiger partial charge in [0.1, 0.15) is 0 Å². The molecule has 108 valence electrons. The predicted octanol–water partition coefficient (Wildman–Crippen LogP) is 1.28. The van der Waals surface area contributed by atoms with Crippen molar-refractivity contribution in [2.45, 2.75) is 25.4 Å². The van der Waals surface area contributed by atoms with E-state index in [0.717, 1.165) is 25.9 Å². The van der Waals surface area contributed by atoms with E-state index in [1.165, 1.54) is 27.6 Å². The molecule has 1 aromatic carbocycles. The molecule has 0 spiro atoms. The van der Waals surface area contributed by atoms with Crippen molar-refractivity contribution < 1.29 is 5.11 Å². The summed E-state index contributed by atoms with van der Waals surface area (Å²) in [6, 6.07) is 4.77. The third kappa shape index (κ3) is 2.59. The van der Waals surface area contributed by atoms with Crippen molar-refractivity contribution in [1.29, 1.82) is 0 Å². The number of nitrogens with zero attached hydrogens (tertiary/aromatic N) is 1. The molecule has 1 aliphatic rings. The minimum Gasteiger partial charge on any atom is -0.395 e. The van der Waals surface area contributed by atoms with Crippen molar-refractivity contribution in [1.82, 2.24) is 15.2 Å². The summed E-state index contributed by atoms with van der Waals surface area (Å²) in [5.74, 6) is 0. The Kier molecular flexibility index (Phi) is 3.78. The van der Waals surface area contributed by atoms with Gasteiger partial charge in [-0.1, -0.05) is 0 Å². The van der Waals surface area contributed by atoms with Gasteiger partial charge in [-0.25, -0.2) is 0 Å². The largest absolute Gasteiger partial charge is 0.395 e. The first-order chi connectivity index (χ1) is 9.67. The third-order valence-corrected chi connectivity index (χ3v) is 4.18. The maximum atomic E-state index is 9.32. The van der Waals surface area contributed by atoms with Crippen LogP contribution in [-0.4, -0.2) is 48.3 Å². The summed E-state index contributed by atoms with van der Waals surface area (Å²) < 4.78 is 0. The van der Waals surface area contributed by atoms with E-state index in [1.807, 2.05) is 0 Å². The van der Waals surface area contributed by atoms with E-state index in [9.17, 15) is 5.11 Å².